The van der Waals surface area contributed by atoms with Crippen LogP contribution in [0.3, 0.4) is 0 Å². The third-order valence-electron chi connectivity index (χ3n) is 5.28. The third kappa shape index (κ3) is 3.90. The molecule has 1 heterocycles. The Morgan fingerprint density at radius 1 is 1.04 bits per heavy atom. The summed E-state index contributed by atoms with van der Waals surface area (Å²) in [5.41, 5.74) is 1.87. The molecule has 140 valence electrons. The summed E-state index contributed by atoms with van der Waals surface area (Å²) in [5.74, 6) is -0.293. The van der Waals surface area contributed by atoms with Crippen LogP contribution in [-0.4, -0.2) is 24.2 Å². The van der Waals surface area contributed by atoms with Crippen molar-refractivity contribution in [3.05, 3.63) is 35.4 Å². The number of carbonyl (C=O) groups excluding carboxylic acids is 1. The molecule has 2 rings (SSSR count). The Kier molecular flexibility index (Phi) is 6.28. The van der Waals surface area contributed by atoms with E-state index in [-0.39, 0.29) is 17.0 Å². The number of hydrogen-bond acceptors (Lipinski definition) is 4. The number of unbranched alkanes of at least 4 members (excludes halogenated alkanes) is 3. The summed E-state index contributed by atoms with van der Waals surface area (Å²) < 4.78 is 5.00. The summed E-state index contributed by atoms with van der Waals surface area (Å²) in [6.45, 7) is 10.8. The fourth-order valence-electron chi connectivity index (χ4n) is 3.96. The van der Waals surface area contributed by atoms with Crippen LogP contribution in [0.5, 0.6) is 0 Å². The average molecular weight is 347 g/mol. The Hall–Kier alpha value is -1.39. The van der Waals surface area contributed by atoms with Crippen LogP contribution in [0.1, 0.15) is 77.8 Å². The van der Waals surface area contributed by atoms with Crippen molar-refractivity contribution in [2.75, 3.05) is 7.11 Å². The van der Waals surface area contributed by atoms with Gasteiger partial charge >= 0.3 is 5.97 Å². The molecule has 0 saturated carbocycles. The van der Waals surface area contributed by atoms with Crippen LogP contribution in [0, 0.1) is 0 Å². The molecule has 0 amide bonds. The van der Waals surface area contributed by atoms with E-state index in [2.05, 4.69) is 58.9 Å². The van der Waals surface area contributed by atoms with Crippen LogP contribution in [0.2, 0.25) is 0 Å². The van der Waals surface area contributed by atoms with Crippen molar-refractivity contribution in [2.24, 2.45) is 0 Å². The lowest BCUT2D eigenvalue weighted by atomic mass is 9.91. The zero-order valence-electron chi connectivity index (χ0n) is 16.6. The van der Waals surface area contributed by atoms with E-state index in [0.29, 0.717) is 6.42 Å². The second kappa shape index (κ2) is 7.88. The van der Waals surface area contributed by atoms with Gasteiger partial charge in [0.25, 0.3) is 0 Å². The van der Waals surface area contributed by atoms with Crippen molar-refractivity contribution in [1.29, 1.82) is 0 Å². The van der Waals surface area contributed by atoms with Gasteiger partial charge in [-0.25, -0.2) is 4.79 Å². The van der Waals surface area contributed by atoms with E-state index >= 15 is 0 Å². The Labute approximate surface area is 152 Å². The molecule has 0 bridgehead atoms. The zero-order chi connectivity index (χ0) is 18.7. The predicted octanol–water partition coefficient (Wildman–Crippen LogP) is 4.92. The Morgan fingerprint density at radius 2 is 1.60 bits per heavy atom. The molecular formula is C21H33NO3. The Morgan fingerprint density at radius 3 is 2.08 bits per heavy atom. The van der Waals surface area contributed by atoms with Gasteiger partial charge in [0.05, 0.1) is 18.2 Å². The highest BCUT2D eigenvalue weighted by atomic mass is 16.7. The molecule has 1 aliphatic heterocycles. The molecule has 1 aliphatic rings. The first-order chi connectivity index (χ1) is 11.8. The molecule has 25 heavy (non-hydrogen) atoms. The number of methoxy groups -OCH3 is 1. The molecule has 0 radical (unpaired) electrons. The van der Waals surface area contributed by atoms with Crippen LogP contribution < -0.4 is 0 Å². The molecule has 1 aromatic rings. The summed E-state index contributed by atoms with van der Waals surface area (Å²) in [6, 6.07) is 8.41. The second-order valence-corrected chi connectivity index (χ2v) is 7.92. The number of hydroxylamine groups is 2. The first kappa shape index (κ1) is 19.9. The molecule has 0 aliphatic carbocycles. The number of benzene rings is 1. The van der Waals surface area contributed by atoms with E-state index in [1.54, 1.807) is 0 Å². The Balaban J connectivity index is 2.21. The standard InChI is InChI=1S/C21H33NO3/c1-7-8-9-10-15-18(19(23)24-6)25-22-20(2,3)16-13-11-12-14-17(16)21(22,4)5/h11-14,18H,7-10,15H2,1-6H3. The van der Waals surface area contributed by atoms with Gasteiger partial charge < -0.3 is 4.74 Å². The summed E-state index contributed by atoms with van der Waals surface area (Å²) in [6.07, 6.45) is 4.56. The van der Waals surface area contributed by atoms with Gasteiger partial charge in [0.1, 0.15) is 0 Å². The fourth-order valence-corrected chi connectivity index (χ4v) is 3.96. The van der Waals surface area contributed by atoms with Crippen molar-refractivity contribution in [3.63, 3.8) is 0 Å². The number of fused-ring (bicyclic) bond motifs is 1. The minimum atomic E-state index is -0.560. The van der Waals surface area contributed by atoms with Crippen LogP contribution in [0.15, 0.2) is 24.3 Å². The number of esters is 1. The second-order valence-electron chi connectivity index (χ2n) is 7.92. The SMILES string of the molecule is CCCCCCC(ON1C(C)(C)c2ccccc2C1(C)C)C(=O)OC. The smallest absolute Gasteiger partial charge is 0.337 e. The largest absolute Gasteiger partial charge is 0.467 e. The number of ether oxygens (including phenoxy) is 1. The lowest BCUT2D eigenvalue weighted by molar-refractivity contribution is -0.287. The van der Waals surface area contributed by atoms with Gasteiger partial charge in [-0.05, 0) is 45.2 Å². The molecule has 4 nitrogen and oxygen atoms in total. The molecule has 1 atom stereocenters. The molecule has 0 spiro atoms. The molecule has 1 aromatic carbocycles. The van der Waals surface area contributed by atoms with Crippen molar-refractivity contribution >= 4 is 5.97 Å². The summed E-state index contributed by atoms with van der Waals surface area (Å²) in [7, 11) is 1.43. The number of carbonyl (C=O) groups is 1. The molecule has 0 fully saturated rings. The monoisotopic (exact) mass is 347 g/mol. The van der Waals surface area contributed by atoms with E-state index in [0.717, 1.165) is 12.8 Å². The van der Waals surface area contributed by atoms with Gasteiger partial charge in [-0.3, -0.25) is 4.84 Å². The fraction of sp³-hybridized carbons (Fsp3) is 0.667. The number of hydrogen-bond donors (Lipinski definition) is 0. The quantitative estimate of drug-likeness (QED) is 0.494. The van der Waals surface area contributed by atoms with Gasteiger partial charge in [0, 0.05) is 0 Å². The van der Waals surface area contributed by atoms with Crippen molar-refractivity contribution in [3.8, 4) is 0 Å². The maximum Gasteiger partial charge on any atom is 0.337 e. The van der Waals surface area contributed by atoms with Gasteiger partial charge in [0.2, 0.25) is 0 Å². The first-order valence-corrected chi connectivity index (χ1v) is 9.41. The zero-order valence-corrected chi connectivity index (χ0v) is 16.6. The minimum Gasteiger partial charge on any atom is -0.467 e. The van der Waals surface area contributed by atoms with Crippen LogP contribution in [-0.2, 0) is 25.4 Å². The van der Waals surface area contributed by atoms with E-state index in [4.69, 9.17) is 9.57 Å². The van der Waals surface area contributed by atoms with E-state index in [9.17, 15) is 4.79 Å². The highest BCUT2D eigenvalue weighted by Gasteiger charge is 2.51. The van der Waals surface area contributed by atoms with Gasteiger partial charge in [-0.15, -0.1) is 0 Å². The van der Waals surface area contributed by atoms with Crippen LogP contribution in [0.4, 0.5) is 0 Å². The summed E-state index contributed by atoms with van der Waals surface area (Å²) >= 11 is 0. The van der Waals surface area contributed by atoms with Crippen molar-refractivity contribution in [2.45, 2.75) is 83.9 Å². The number of rotatable bonds is 8. The maximum atomic E-state index is 12.3. The molecule has 1 unspecified atom stereocenters. The highest BCUT2D eigenvalue weighted by molar-refractivity contribution is 5.74. The third-order valence-corrected chi connectivity index (χ3v) is 5.28. The molecule has 0 N–H and O–H groups in total. The summed E-state index contributed by atoms with van der Waals surface area (Å²) in [4.78, 5) is 18.6. The summed E-state index contributed by atoms with van der Waals surface area (Å²) in [5, 5.41) is 1.99. The first-order valence-electron chi connectivity index (χ1n) is 9.41. The maximum absolute atomic E-state index is 12.3. The van der Waals surface area contributed by atoms with Crippen molar-refractivity contribution in [1.82, 2.24) is 5.06 Å². The lowest BCUT2D eigenvalue weighted by Crippen LogP contribution is -2.49. The molecular weight excluding hydrogens is 314 g/mol. The molecule has 0 aromatic heterocycles. The topological polar surface area (TPSA) is 38.8 Å². The lowest BCUT2D eigenvalue weighted by Gasteiger charge is -2.41. The van der Waals surface area contributed by atoms with E-state index < -0.39 is 6.10 Å². The highest BCUT2D eigenvalue weighted by Crippen LogP contribution is 2.49. The normalized spacial score (nSPS) is 19.4. The van der Waals surface area contributed by atoms with E-state index in [1.807, 2.05) is 5.06 Å². The van der Waals surface area contributed by atoms with Gasteiger partial charge in [0.15, 0.2) is 6.10 Å². The van der Waals surface area contributed by atoms with Crippen molar-refractivity contribution < 1.29 is 14.4 Å². The van der Waals surface area contributed by atoms with Gasteiger partial charge in [-0.1, -0.05) is 56.9 Å². The Bertz CT molecular complexity index is 560. The van der Waals surface area contributed by atoms with Crippen LogP contribution in [0.25, 0.3) is 0 Å². The number of nitrogens with zero attached hydrogens (tertiary/aromatic N) is 1. The van der Waals surface area contributed by atoms with Gasteiger partial charge in [-0.2, -0.15) is 5.06 Å². The molecule has 0 saturated heterocycles. The predicted molar refractivity (Wildman–Crippen MR) is 100.0 cm³/mol. The van der Waals surface area contributed by atoms with Crippen LogP contribution >= 0.6 is 0 Å². The van der Waals surface area contributed by atoms with E-state index in [1.165, 1.54) is 31.1 Å². The average Bonchev–Trinajstić information content (AvgIpc) is 2.74. The minimum absolute atomic E-state index is 0.293. The molecule has 4 heteroatoms.